The second kappa shape index (κ2) is 6.21. The van der Waals surface area contributed by atoms with Crippen molar-refractivity contribution >= 4 is 27.5 Å². The zero-order valence-corrected chi connectivity index (χ0v) is 12.5. The monoisotopic (exact) mass is 315 g/mol. The van der Waals surface area contributed by atoms with E-state index in [4.69, 9.17) is 11.6 Å². The smallest absolute Gasteiger partial charge is 0.0551 e. The van der Waals surface area contributed by atoms with Gasteiger partial charge in [0.2, 0.25) is 0 Å². The van der Waals surface area contributed by atoms with Gasteiger partial charge < -0.3 is 5.32 Å². The van der Waals surface area contributed by atoms with Crippen LogP contribution < -0.4 is 5.32 Å². The quantitative estimate of drug-likeness (QED) is 0.811. The molecule has 0 bridgehead atoms. The molecule has 0 aliphatic heterocycles. The highest BCUT2D eigenvalue weighted by Crippen LogP contribution is 2.36. The van der Waals surface area contributed by atoms with Gasteiger partial charge in [0.25, 0.3) is 0 Å². The fourth-order valence-electron chi connectivity index (χ4n) is 2.37. The summed E-state index contributed by atoms with van der Waals surface area (Å²) >= 11 is 9.61. The van der Waals surface area contributed by atoms with Crippen LogP contribution in [0, 0.1) is 5.92 Å². The fraction of sp³-hybridized carbons (Fsp3) is 0.571. The Kier molecular flexibility index (Phi) is 4.89. The minimum atomic E-state index is 0.455. The lowest BCUT2D eigenvalue weighted by atomic mass is 9.79. The molecule has 0 heterocycles. The molecule has 1 nitrogen and oxygen atoms in total. The van der Waals surface area contributed by atoms with Crippen molar-refractivity contribution in [2.24, 2.45) is 5.92 Å². The van der Waals surface area contributed by atoms with E-state index >= 15 is 0 Å². The van der Waals surface area contributed by atoms with Crippen LogP contribution in [0.5, 0.6) is 0 Å². The van der Waals surface area contributed by atoms with Gasteiger partial charge in [-0.15, -0.1) is 0 Å². The molecular weight excluding hydrogens is 298 g/mol. The second-order valence-electron chi connectivity index (χ2n) is 4.82. The largest absolute Gasteiger partial charge is 0.310 e. The van der Waals surface area contributed by atoms with Crippen molar-refractivity contribution in [3.05, 3.63) is 33.3 Å². The Morgan fingerprint density at radius 1 is 1.47 bits per heavy atom. The Morgan fingerprint density at radius 3 is 2.76 bits per heavy atom. The third kappa shape index (κ3) is 3.46. The SMILES string of the molecule is CCNC(CC1CCC1)c1ccc(Br)c(Cl)c1. The molecule has 1 atom stereocenters. The third-order valence-electron chi connectivity index (χ3n) is 3.59. The number of nitrogens with one attached hydrogen (secondary N) is 1. The van der Waals surface area contributed by atoms with E-state index < -0.39 is 0 Å². The summed E-state index contributed by atoms with van der Waals surface area (Å²) in [6, 6.07) is 6.75. The summed E-state index contributed by atoms with van der Waals surface area (Å²) in [6.45, 7) is 3.17. The zero-order valence-electron chi connectivity index (χ0n) is 10.2. The number of hydrogen-bond donors (Lipinski definition) is 1. The maximum Gasteiger partial charge on any atom is 0.0551 e. The average Bonchev–Trinajstić information content (AvgIpc) is 2.25. The van der Waals surface area contributed by atoms with Gasteiger partial charge in [0, 0.05) is 10.5 Å². The first-order valence-corrected chi connectivity index (χ1v) is 7.56. The van der Waals surface area contributed by atoms with E-state index in [2.05, 4.69) is 40.3 Å². The predicted octanol–water partition coefficient (Wildman–Crippen LogP) is 4.94. The van der Waals surface area contributed by atoms with Crippen molar-refractivity contribution in [3.8, 4) is 0 Å². The van der Waals surface area contributed by atoms with E-state index in [-0.39, 0.29) is 0 Å². The topological polar surface area (TPSA) is 12.0 Å². The number of hydrogen-bond acceptors (Lipinski definition) is 1. The summed E-state index contributed by atoms with van der Waals surface area (Å²) in [6.07, 6.45) is 5.44. The van der Waals surface area contributed by atoms with Crippen molar-refractivity contribution in [2.45, 2.75) is 38.6 Å². The summed E-state index contributed by atoms with van der Waals surface area (Å²) in [5, 5.41) is 4.38. The van der Waals surface area contributed by atoms with Crippen LogP contribution in [0.3, 0.4) is 0 Å². The number of rotatable bonds is 5. The van der Waals surface area contributed by atoms with Crippen LogP contribution in [0.25, 0.3) is 0 Å². The van der Waals surface area contributed by atoms with Crippen LogP contribution in [0.2, 0.25) is 5.02 Å². The van der Waals surface area contributed by atoms with E-state index in [0.29, 0.717) is 6.04 Å². The fourth-order valence-corrected chi connectivity index (χ4v) is 2.81. The van der Waals surface area contributed by atoms with Crippen molar-refractivity contribution in [2.75, 3.05) is 6.54 Å². The first-order chi connectivity index (χ1) is 8.20. The Balaban J connectivity index is 2.09. The van der Waals surface area contributed by atoms with Crippen LogP contribution in [-0.2, 0) is 0 Å². The van der Waals surface area contributed by atoms with E-state index in [9.17, 15) is 0 Å². The summed E-state index contributed by atoms with van der Waals surface area (Å²) in [5.74, 6) is 0.904. The second-order valence-corrected chi connectivity index (χ2v) is 6.08. The Hall–Kier alpha value is -0.0500. The molecule has 1 unspecified atom stereocenters. The number of halogens is 2. The lowest BCUT2D eigenvalue weighted by molar-refractivity contribution is 0.262. The molecule has 0 radical (unpaired) electrons. The van der Waals surface area contributed by atoms with Gasteiger partial charge in [-0.25, -0.2) is 0 Å². The van der Waals surface area contributed by atoms with Crippen LogP contribution in [0.4, 0.5) is 0 Å². The van der Waals surface area contributed by atoms with E-state index in [1.54, 1.807) is 0 Å². The molecule has 17 heavy (non-hydrogen) atoms. The molecule has 1 aliphatic carbocycles. The van der Waals surface area contributed by atoms with Gasteiger partial charge in [0.15, 0.2) is 0 Å². The van der Waals surface area contributed by atoms with Gasteiger partial charge in [-0.2, -0.15) is 0 Å². The molecule has 3 heteroatoms. The first kappa shape index (κ1) is 13.4. The third-order valence-corrected chi connectivity index (χ3v) is 4.82. The molecule has 0 spiro atoms. The van der Waals surface area contributed by atoms with E-state index in [1.165, 1.54) is 31.2 Å². The normalized spacial score (nSPS) is 17.8. The van der Waals surface area contributed by atoms with Gasteiger partial charge in [-0.1, -0.05) is 43.9 Å². The van der Waals surface area contributed by atoms with Gasteiger partial charge in [-0.3, -0.25) is 0 Å². The predicted molar refractivity (Wildman–Crippen MR) is 77.5 cm³/mol. The minimum Gasteiger partial charge on any atom is -0.310 e. The molecule has 1 aromatic rings. The average molecular weight is 317 g/mol. The van der Waals surface area contributed by atoms with Gasteiger partial charge in [0.1, 0.15) is 0 Å². The Bertz CT molecular complexity index is 376. The highest BCUT2D eigenvalue weighted by atomic mass is 79.9. The highest BCUT2D eigenvalue weighted by molar-refractivity contribution is 9.10. The molecule has 1 aliphatic rings. The van der Waals surface area contributed by atoms with Gasteiger partial charge in [0.05, 0.1) is 5.02 Å². The Labute approximate surface area is 117 Å². The summed E-state index contributed by atoms with van der Waals surface area (Å²) in [4.78, 5) is 0. The molecule has 0 aromatic heterocycles. The maximum atomic E-state index is 6.17. The first-order valence-electron chi connectivity index (χ1n) is 6.39. The van der Waals surface area contributed by atoms with Crippen molar-refractivity contribution in [3.63, 3.8) is 0 Å². The van der Waals surface area contributed by atoms with Gasteiger partial charge >= 0.3 is 0 Å². The number of benzene rings is 1. The molecule has 1 fully saturated rings. The minimum absolute atomic E-state index is 0.455. The van der Waals surface area contributed by atoms with Crippen LogP contribution in [-0.4, -0.2) is 6.54 Å². The molecule has 94 valence electrons. The summed E-state index contributed by atoms with van der Waals surface area (Å²) in [5.41, 5.74) is 1.31. The Morgan fingerprint density at radius 2 is 2.24 bits per heavy atom. The maximum absolute atomic E-state index is 6.17. The lowest BCUT2D eigenvalue weighted by Crippen LogP contribution is -2.25. The van der Waals surface area contributed by atoms with Crippen LogP contribution in [0.1, 0.15) is 44.2 Å². The zero-order chi connectivity index (χ0) is 12.3. The van der Waals surface area contributed by atoms with Crippen molar-refractivity contribution < 1.29 is 0 Å². The summed E-state index contributed by atoms with van der Waals surface area (Å²) in [7, 11) is 0. The van der Waals surface area contributed by atoms with Crippen LogP contribution in [0.15, 0.2) is 22.7 Å². The summed E-state index contributed by atoms with van der Waals surface area (Å²) < 4.78 is 0.974. The van der Waals surface area contributed by atoms with E-state index in [1.807, 2.05) is 6.07 Å². The van der Waals surface area contributed by atoms with Crippen molar-refractivity contribution in [1.82, 2.24) is 5.32 Å². The highest BCUT2D eigenvalue weighted by Gasteiger charge is 2.22. The standard InChI is InChI=1S/C14H19BrClN/c1-2-17-14(8-10-4-3-5-10)11-6-7-12(15)13(16)9-11/h6-7,9-10,14,17H,2-5,8H2,1H3. The van der Waals surface area contributed by atoms with Crippen molar-refractivity contribution in [1.29, 1.82) is 0 Å². The molecule has 0 saturated heterocycles. The van der Waals surface area contributed by atoms with E-state index in [0.717, 1.165) is 22.0 Å². The lowest BCUT2D eigenvalue weighted by Gasteiger charge is -2.30. The molecule has 1 aromatic carbocycles. The molecule has 1 N–H and O–H groups in total. The van der Waals surface area contributed by atoms with Crippen LogP contribution >= 0.6 is 27.5 Å². The molecule has 1 saturated carbocycles. The van der Waals surface area contributed by atoms with Gasteiger partial charge in [-0.05, 0) is 52.5 Å². The molecule has 0 amide bonds. The molecular formula is C14H19BrClN. The molecule has 2 rings (SSSR count).